The molecule has 1 rings (SSSR count). The van der Waals surface area contributed by atoms with Gasteiger partial charge in [0.2, 0.25) is 0 Å². The molecule has 0 radical (unpaired) electrons. The van der Waals surface area contributed by atoms with Crippen LogP contribution in [0.1, 0.15) is 26.2 Å². The van der Waals surface area contributed by atoms with E-state index in [1.54, 1.807) is 0 Å². The summed E-state index contributed by atoms with van der Waals surface area (Å²) in [6, 6.07) is 0. The minimum Gasteiger partial charge on any atom is -0.494 e. The van der Waals surface area contributed by atoms with Crippen molar-refractivity contribution in [1.29, 1.82) is 0 Å². The second-order valence-corrected chi connectivity index (χ2v) is 3.49. The SMILES string of the molecule is C=C(C)C(=C)OCCC1CCC(=O)O1. The molecule has 0 aromatic heterocycles. The average Bonchev–Trinajstić information content (AvgIpc) is 2.51. The van der Waals surface area contributed by atoms with E-state index in [-0.39, 0.29) is 12.1 Å². The van der Waals surface area contributed by atoms with Gasteiger partial charge in [0.1, 0.15) is 11.9 Å². The highest BCUT2D eigenvalue weighted by molar-refractivity contribution is 5.71. The van der Waals surface area contributed by atoms with Crippen LogP contribution in [0, 0.1) is 0 Å². The summed E-state index contributed by atoms with van der Waals surface area (Å²) >= 11 is 0. The highest BCUT2D eigenvalue weighted by Gasteiger charge is 2.22. The van der Waals surface area contributed by atoms with Gasteiger partial charge < -0.3 is 9.47 Å². The number of hydrogen-bond donors (Lipinski definition) is 0. The number of ether oxygens (including phenoxy) is 2. The van der Waals surface area contributed by atoms with Crippen molar-refractivity contribution in [3.8, 4) is 0 Å². The Morgan fingerprint density at radius 3 is 2.86 bits per heavy atom. The number of rotatable bonds is 5. The van der Waals surface area contributed by atoms with Crippen LogP contribution in [0.15, 0.2) is 24.5 Å². The third-order valence-corrected chi connectivity index (χ3v) is 2.16. The second kappa shape index (κ2) is 4.84. The summed E-state index contributed by atoms with van der Waals surface area (Å²) in [4.78, 5) is 10.8. The summed E-state index contributed by atoms with van der Waals surface area (Å²) in [6.07, 6.45) is 2.10. The van der Waals surface area contributed by atoms with E-state index in [4.69, 9.17) is 9.47 Å². The largest absolute Gasteiger partial charge is 0.494 e. The van der Waals surface area contributed by atoms with E-state index >= 15 is 0 Å². The Morgan fingerprint density at radius 1 is 1.64 bits per heavy atom. The summed E-state index contributed by atoms with van der Waals surface area (Å²) in [6.45, 7) is 9.79. The third-order valence-electron chi connectivity index (χ3n) is 2.16. The fourth-order valence-corrected chi connectivity index (χ4v) is 1.22. The fourth-order valence-electron chi connectivity index (χ4n) is 1.22. The maximum atomic E-state index is 10.8. The topological polar surface area (TPSA) is 35.5 Å². The molecule has 1 aliphatic heterocycles. The smallest absolute Gasteiger partial charge is 0.306 e. The zero-order chi connectivity index (χ0) is 10.6. The average molecular weight is 196 g/mol. The van der Waals surface area contributed by atoms with E-state index in [1.807, 2.05) is 6.92 Å². The molecule has 0 aromatic carbocycles. The zero-order valence-electron chi connectivity index (χ0n) is 8.54. The molecule has 0 saturated carbocycles. The van der Waals surface area contributed by atoms with Gasteiger partial charge >= 0.3 is 5.97 Å². The van der Waals surface area contributed by atoms with Gasteiger partial charge in [-0.2, -0.15) is 0 Å². The maximum absolute atomic E-state index is 10.8. The van der Waals surface area contributed by atoms with Crippen LogP contribution in [0.2, 0.25) is 0 Å². The van der Waals surface area contributed by atoms with Gasteiger partial charge in [-0.15, -0.1) is 0 Å². The van der Waals surface area contributed by atoms with Crippen molar-refractivity contribution in [2.24, 2.45) is 0 Å². The van der Waals surface area contributed by atoms with Crippen LogP contribution >= 0.6 is 0 Å². The minimum atomic E-state index is -0.103. The predicted molar refractivity (Wildman–Crippen MR) is 53.6 cm³/mol. The van der Waals surface area contributed by atoms with Gasteiger partial charge in [-0.25, -0.2) is 0 Å². The summed E-state index contributed by atoms with van der Waals surface area (Å²) in [5.74, 6) is 0.503. The molecule has 1 saturated heterocycles. The van der Waals surface area contributed by atoms with Crippen molar-refractivity contribution in [3.05, 3.63) is 24.5 Å². The van der Waals surface area contributed by atoms with Gasteiger partial charge in [-0.05, 0) is 18.9 Å². The molecule has 1 atom stereocenters. The van der Waals surface area contributed by atoms with E-state index in [0.717, 1.165) is 18.4 Å². The maximum Gasteiger partial charge on any atom is 0.306 e. The first-order valence-electron chi connectivity index (χ1n) is 4.76. The summed E-state index contributed by atoms with van der Waals surface area (Å²) in [7, 11) is 0. The van der Waals surface area contributed by atoms with Crippen molar-refractivity contribution in [2.75, 3.05) is 6.61 Å². The molecular formula is C11H16O3. The number of carbonyl (C=O) groups excluding carboxylic acids is 1. The third kappa shape index (κ3) is 3.24. The minimum absolute atomic E-state index is 0.0282. The molecule has 0 aliphatic carbocycles. The molecule has 78 valence electrons. The van der Waals surface area contributed by atoms with E-state index in [0.29, 0.717) is 18.8 Å². The molecule has 0 bridgehead atoms. The second-order valence-electron chi connectivity index (χ2n) is 3.49. The Bertz CT molecular complexity index is 255. The van der Waals surface area contributed by atoms with Crippen LogP contribution in [-0.2, 0) is 14.3 Å². The lowest BCUT2D eigenvalue weighted by Gasteiger charge is -2.11. The fraction of sp³-hybridized carbons (Fsp3) is 0.545. The van der Waals surface area contributed by atoms with Crippen molar-refractivity contribution in [3.63, 3.8) is 0 Å². The zero-order valence-corrected chi connectivity index (χ0v) is 8.54. The molecule has 0 spiro atoms. The Morgan fingerprint density at radius 2 is 2.36 bits per heavy atom. The molecule has 0 aromatic rings. The lowest BCUT2D eigenvalue weighted by Crippen LogP contribution is -2.10. The Balaban J connectivity index is 2.13. The van der Waals surface area contributed by atoms with E-state index in [2.05, 4.69) is 13.2 Å². The number of cyclic esters (lactones) is 1. The van der Waals surface area contributed by atoms with Gasteiger partial charge in [0.05, 0.1) is 6.61 Å². The Kier molecular flexibility index (Phi) is 3.74. The predicted octanol–water partition coefficient (Wildman–Crippen LogP) is 2.19. The Labute approximate surface area is 84.4 Å². The first kappa shape index (κ1) is 10.8. The van der Waals surface area contributed by atoms with Crippen LogP contribution in [0.3, 0.4) is 0 Å². The molecule has 1 heterocycles. The van der Waals surface area contributed by atoms with E-state index in [1.165, 1.54) is 0 Å². The number of allylic oxidation sites excluding steroid dienone is 1. The standard InChI is InChI=1S/C11H16O3/c1-8(2)9(3)13-7-6-10-4-5-11(12)14-10/h10H,1,3-7H2,2H3. The van der Waals surface area contributed by atoms with Crippen LogP contribution in [-0.4, -0.2) is 18.7 Å². The molecule has 3 nitrogen and oxygen atoms in total. The van der Waals surface area contributed by atoms with Gasteiger partial charge in [0.15, 0.2) is 0 Å². The van der Waals surface area contributed by atoms with Crippen LogP contribution in [0.4, 0.5) is 0 Å². The van der Waals surface area contributed by atoms with Crippen molar-refractivity contribution < 1.29 is 14.3 Å². The highest BCUT2D eigenvalue weighted by atomic mass is 16.6. The summed E-state index contributed by atoms with van der Waals surface area (Å²) in [5, 5.41) is 0. The number of carbonyl (C=O) groups is 1. The molecule has 3 heteroatoms. The molecule has 1 unspecified atom stereocenters. The first-order chi connectivity index (χ1) is 6.59. The van der Waals surface area contributed by atoms with E-state index in [9.17, 15) is 4.79 Å². The lowest BCUT2D eigenvalue weighted by atomic mass is 10.2. The van der Waals surface area contributed by atoms with Crippen LogP contribution in [0.5, 0.6) is 0 Å². The van der Waals surface area contributed by atoms with Crippen molar-refractivity contribution >= 4 is 5.97 Å². The molecule has 1 aliphatic rings. The molecule has 14 heavy (non-hydrogen) atoms. The van der Waals surface area contributed by atoms with Gasteiger partial charge in [0.25, 0.3) is 0 Å². The van der Waals surface area contributed by atoms with Crippen LogP contribution < -0.4 is 0 Å². The van der Waals surface area contributed by atoms with Crippen molar-refractivity contribution in [1.82, 2.24) is 0 Å². The molecule has 0 N–H and O–H groups in total. The quantitative estimate of drug-likeness (QED) is 0.384. The lowest BCUT2D eigenvalue weighted by molar-refractivity contribution is -0.141. The Hall–Kier alpha value is -1.25. The number of esters is 1. The van der Waals surface area contributed by atoms with Gasteiger partial charge in [0, 0.05) is 12.8 Å². The summed E-state index contributed by atoms with van der Waals surface area (Å²) < 4.78 is 10.3. The highest BCUT2D eigenvalue weighted by Crippen LogP contribution is 2.17. The normalized spacial score (nSPS) is 20.4. The first-order valence-corrected chi connectivity index (χ1v) is 4.76. The van der Waals surface area contributed by atoms with Gasteiger partial charge in [-0.1, -0.05) is 13.2 Å². The molecule has 0 amide bonds. The summed E-state index contributed by atoms with van der Waals surface area (Å²) in [5.41, 5.74) is 0.827. The van der Waals surface area contributed by atoms with Crippen LogP contribution in [0.25, 0.3) is 0 Å². The molecule has 1 fully saturated rings. The van der Waals surface area contributed by atoms with Gasteiger partial charge in [-0.3, -0.25) is 4.79 Å². The monoisotopic (exact) mass is 196 g/mol. The van der Waals surface area contributed by atoms with E-state index < -0.39 is 0 Å². The number of hydrogen-bond acceptors (Lipinski definition) is 3. The molecular weight excluding hydrogens is 180 g/mol. The van der Waals surface area contributed by atoms with Crippen molar-refractivity contribution in [2.45, 2.75) is 32.3 Å².